The Morgan fingerprint density at radius 3 is 2.74 bits per heavy atom. The summed E-state index contributed by atoms with van der Waals surface area (Å²) in [5, 5.41) is 6.27. The summed E-state index contributed by atoms with van der Waals surface area (Å²) in [5.74, 6) is 0.0144. The van der Waals surface area contributed by atoms with Crippen LogP contribution in [0.15, 0.2) is 12.5 Å². The largest absolute Gasteiger partial charge is 0.350 e. The standard InChI is InChI=1S/C14H26N4O/c1-5-7-15-8-6-12-9-18(11-16-12)10-13(19)17-14(2,3)4/h9,11,15H,5-8,10H2,1-4H3,(H,17,19). The molecule has 1 rings (SSSR count). The maximum atomic E-state index is 11.8. The number of nitrogens with zero attached hydrogens (tertiary/aromatic N) is 2. The van der Waals surface area contributed by atoms with Crippen molar-refractivity contribution >= 4 is 5.91 Å². The van der Waals surface area contributed by atoms with Crippen molar-refractivity contribution < 1.29 is 4.79 Å². The summed E-state index contributed by atoms with van der Waals surface area (Å²) in [6.07, 6.45) is 5.70. The van der Waals surface area contributed by atoms with Crippen LogP contribution in [0.5, 0.6) is 0 Å². The molecule has 0 saturated carbocycles. The Hall–Kier alpha value is -1.36. The molecule has 108 valence electrons. The van der Waals surface area contributed by atoms with E-state index < -0.39 is 0 Å². The van der Waals surface area contributed by atoms with Gasteiger partial charge in [-0.3, -0.25) is 4.79 Å². The second-order valence-electron chi connectivity index (χ2n) is 5.84. The second kappa shape index (κ2) is 7.28. The van der Waals surface area contributed by atoms with Crippen molar-refractivity contribution in [2.24, 2.45) is 0 Å². The van der Waals surface area contributed by atoms with Crippen LogP contribution in [0, 0.1) is 0 Å². The zero-order chi connectivity index (χ0) is 14.3. The van der Waals surface area contributed by atoms with Gasteiger partial charge in [0.15, 0.2) is 0 Å². The molecule has 1 amide bonds. The van der Waals surface area contributed by atoms with E-state index in [2.05, 4.69) is 22.5 Å². The smallest absolute Gasteiger partial charge is 0.240 e. The topological polar surface area (TPSA) is 59.0 Å². The summed E-state index contributed by atoms with van der Waals surface area (Å²) in [6, 6.07) is 0. The fraction of sp³-hybridized carbons (Fsp3) is 0.714. The van der Waals surface area contributed by atoms with Crippen molar-refractivity contribution in [2.45, 2.75) is 52.6 Å². The maximum absolute atomic E-state index is 11.8. The van der Waals surface area contributed by atoms with Crippen molar-refractivity contribution in [3.8, 4) is 0 Å². The highest BCUT2D eigenvalue weighted by molar-refractivity contribution is 5.76. The lowest BCUT2D eigenvalue weighted by atomic mass is 10.1. The van der Waals surface area contributed by atoms with E-state index in [0.717, 1.165) is 31.6 Å². The molecule has 0 aliphatic rings. The van der Waals surface area contributed by atoms with Crippen molar-refractivity contribution in [1.82, 2.24) is 20.2 Å². The molecule has 5 heteroatoms. The lowest BCUT2D eigenvalue weighted by Crippen LogP contribution is -2.42. The Morgan fingerprint density at radius 1 is 1.37 bits per heavy atom. The van der Waals surface area contributed by atoms with Crippen LogP contribution in [-0.4, -0.2) is 34.1 Å². The fourth-order valence-electron chi connectivity index (χ4n) is 1.76. The van der Waals surface area contributed by atoms with Crippen LogP contribution in [0.4, 0.5) is 0 Å². The van der Waals surface area contributed by atoms with E-state index in [1.807, 2.05) is 31.5 Å². The number of nitrogens with one attached hydrogen (secondary N) is 2. The summed E-state index contributed by atoms with van der Waals surface area (Å²) in [4.78, 5) is 16.1. The number of hydrogen-bond acceptors (Lipinski definition) is 3. The maximum Gasteiger partial charge on any atom is 0.240 e. The number of hydrogen-bond donors (Lipinski definition) is 2. The molecule has 1 aromatic heterocycles. The van der Waals surface area contributed by atoms with E-state index in [-0.39, 0.29) is 11.4 Å². The van der Waals surface area contributed by atoms with Crippen molar-refractivity contribution in [1.29, 1.82) is 0 Å². The average molecular weight is 266 g/mol. The van der Waals surface area contributed by atoms with Crippen LogP contribution in [0.25, 0.3) is 0 Å². The predicted molar refractivity (Wildman–Crippen MR) is 77.0 cm³/mol. The van der Waals surface area contributed by atoms with Gasteiger partial charge in [-0.1, -0.05) is 6.92 Å². The fourth-order valence-corrected chi connectivity index (χ4v) is 1.76. The average Bonchev–Trinajstić information content (AvgIpc) is 2.69. The first kappa shape index (κ1) is 15.7. The number of carbonyl (C=O) groups is 1. The molecule has 0 bridgehead atoms. The Balaban J connectivity index is 2.36. The first-order valence-corrected chi connectivity index (χ1v) is 6.93. The Kier molecular flexibility index (Phi) is 6.02. The van der Waals surface area contributed by atoms with Crippen molar-refractivity contribution in [2.75, 3.05) is 13.1 Å². The molecule has 0 aliphatic carbocycles. The summed E-state index contributed by atoms with van der Waals surface area (Å²) in [6.45, 7) is 10.4. The highest BCUT2D eigenvalue weighted by atomic mass is 16.2. The summed E-state index contributed by atoms with van der Waals surface area (Å²) < 4.78 is 1.83. The van der Waals surface area contributed by atoms with Crippen LogP contribution >= 0.6 is 0 Å². The zero-order valence-electron chi connectivity index (χ0n) is 12.5. The number of carbonyl (C=O) groups excluding carboxylic acids is 1. The predicted octanol–water partition coefficient (Wildman–Crippen LogP) is 1.34. The molecule has 19 heavy (non-hydrogen) atoms. The highest BCUT2D eigenvalue weighted by Gasteiger charge is 2.13. The molecule has 0 spiro atoms. The first-order valence-electron chi connectivity index (χ1n) is 6.93. The van der Waals surface area contributed by atoms with Crippen LogP contribution in [0.1, 0.15) is 39.8 Å². The normalized spacial score (nSPS) is 11.6. The molecular formula is C14H26N4O. The molecule has 0 fully saturated rings. The van der Waals surface area contributed by atoms with Crippen LogP contribution < -0.4 is 10.6 Å². The van der Waals surface area contributed by atoms with E-state index in [1.54, 1.807) is 6.33 Å². The number of rotatable bonds is 7. The van der Waals surface area contributed by atoms with Crippen LogP contribution in [0.3, 0.4) is 0 Å². The van der Waals surface area contributed by atoms with E-state index in [0.29, 0.717) is 6.54 Å². The minimum atomic E-state index is -0.190. The Morgan fingerprint density at radius 2 is 2.11 bits per heavy atom. The molecule has 0 aliphatic heterocycles. The van der Waals surface area contributed by atoms with Gasteiger partial charge in [-0.15, -0.1) is 0 Å². The van der Waals surface area contributed by atoms with Crippen molar-refractivity contribution in [3.05, 3.63) is 18.2 Å². The van der Waals surface area contributed by atoms with Gasteiger partial charge >= 0.3 is 0 Å². The number of amides is 1. The molecule has 0 aromatic carbocycles. The minimum absolute atomic E-state index is 0.0144. The lowest BCUT2D eigenvalue weighted by molar-refractivity contribution is -0.123. The van der Waals surface area contributed by atoms with Gasteiger partial charge in [0.2, 0.25) is 5.91 Å². The van der Waals surface area contributed by atoms with E-state index in [1.165, 1.54) is 0 Å². The third-order valence-corrected chi connectivity index (χ3v) is 2.51. The van der Waals surface area contributed by atoms with Gasteiger partial charge < -0.3 is 15.2 Å². The zero-order valence-corrected chi connectivity index (χ0v) is 12.5. The summed E-state index contributed by atoms with van der Waals surface area (Å²) >= 11 is 0. The number of imidazole rings is 1. The lowest BCUT2D eigenvalue weighted by Gasteiger charge is -2.20. The minimum Gasteiger partial charge on any atom is -0.350 e. The van der Waals surface area contributed by atoms with Gasteiger partial charge in [0.25, 0.3) is 0 Å². The molecule has 0 unspecified atom stereocenters. The second-order valence-corrected chi connectivity index (χ2v) is 5.84. The third-order valence-electron chi connectivity index (χ3n) is 2.51. The monoisotopic (exact) mass is 266 g/mol. The molecule has 5 nitrogen and oxygen atoms in total. The molecular weight excluding hydrogens is 240 g/mol. The van der Waals surface area contributed by atoms with Gasteiger partial charge in [-0.25, -0.2) is 4.98 Å². The SMILES string of the molecule is CCCNCCc1cn(CC(=O)NC(C)(C)C)cn1. The van der Waals surface area contributed by atoms with Gasteiger partial charge in [-0.2, -0.15) is 0 Å². The van der Waals surface area contributed by atoms with Crippen LogP contribution in [-0.2, 0) is 17.8 Å². The Labute approximate surface area is 115 Å². The van der Waals surface area contributed by atoms with E-state index >= 15 is 0 Å². The molecule has 1 heterocycles. The van der Waals surface area contributed by atoms with Crippen molar-refractivity contribution in [3.63, 3.8) is 0 Å². The highest BCUT2D eigenvalue weighted by Crippen LogP contribution is 2.00. The Bertz CT molecular complexity index is 392. The third kappa shape index (κ3) is 6.96. The molecule has 1 aromatic rings. The van der Waals surface area contributed by atoms with Gasteiger partial charge in [0.05, 0.1) is 12.0 Å². The molecule has 0 radical (unpaired) electrons. The molecule has 2 N–H and O–H groups in total. The van der Waals surface area contributed by atoms with E-state index in [4.69, 9.17) is 0 Å². The summed E-state index contributed by atoms with van der Waals surface area (Å²) in [5.41, 5.74) is 0.831. The quantitative estimate of drug-likeness (QED) is 0.732. The summed E-state index contributed by atoms with van der Waals surface area (Å²) in [7, 11) is 0. The number of aromatic nitrogens is 2. The van der Waals surface area contributed by atoms with E-state index in [9.17, 15) is 4.79 Å². The first-order chi connectivity index (χ1) is 8.90. The van der Waals surface area contributed by atoms with Crippen LogP contribution in [0.2, 0.25) is 0 Å². The van der Waals surface area contributed by atoms with Gasteiger partial charge in [0.1, 0.15) is 6.54 Å². The molecule has 0 atom stereocenters. The van der Waals surface area contributed by atoms with Gasteiger partial charge in [-0.05, 0) is 33.7 Å². The van der Waals surface area contributed by atoms with Gasteiger partial charge in [0, 0.05) is 24.7 Å². The molecule has 0 saturated heterocycles.